The Bertz CT molecular complexity index is 606. The average Bonchev–Trinajstić information content (AvgIpc) is 2.39. The van der Waals surface area contributed by atoms with Crippen LogP contribution >= 0.6 is 0 Å². The summed E-state index contributed by atoms with van der Waals surface area (Å²) in [7, 11) is 0. The SMILES string of the molecule is O=C(O)c1ccc(C(F)(F)c2cccc(F)c2)cc1. The lowest BCUT2D eigenvalue weighted by molar-refractivity contribution is 0.0423. The van der Waals surface area contributed by atoms with Gasteiger partial charge >= 0.3 is 5.97 Å². The van der Waals surface area contributed by atoms with Crippen LogP contribution < -0.4 is 0 Å². The van der Waals surface area contributed by atoms with Gasteiger partial charge in [-0.05, 0) is 24.3 Å². The summed E-state index contributed by atoms with van der Waals surface area (Å²) in [5.74, 6) is -5.32. The van der Waals surface area contributed by atoms with E-state index in [0.29, 0.717) is 0 Å². The first-order valence-corrected chi connectivity index (χ1v) is 5.39. The molecule has 2 aromatic rings. The molecule has 0 unspecified atom stereocenters. The number of hydrogen-bond donors (Lipinski definition) is 1. The highest BCUT2D eigenvalue weighted by atomic mass is 19.3. The van der Waals surface area contributed by atoms with Crippen LogP contribution in [0.2, 0.25) is 0 Å². The summed E-state index contributed by atoms with van der Waals surface area (Å²) in [5.41, 5.74) is -0.947. The molecule has 1 N–H and O–H groups in total. The molecule has 5 heteroatoms. The molecule has 2 nitrogen and oxygen atoms in total. The highest BCUT2D eigenvalue weighted by Gasteiger charge is 2.34. The number of carboxylic acid groups (broad SMARTS) is 1. The number of halogens is 3. The van der Waals surface area contributed by atoms with Crippen LogP contribution in [-0.2, 0) is 5.92 Å². The van der Waals surface area contributed by atoms with Crippen LogP contribution in [0.1, 0.15) is 21.5 Å². The van der Waals surface area contributed by atoms with Gasteiger partial charge in [-0.25, -0.2) is 9.18 Å². The molecule has 0 saturated carbocycles. The number of rotatable bonds is 3. The van der Waals surface area contributed by atoms with E-state index in [0.717, 1.165) is 42.5 Å². The lowest BCUT2D eigenvalue weighted by Crippen LogP contribution is -2.15. The predicted molar refractivity (Wildman–Crippen MR) is 62.8 cm³/mol. The first-order valence-electron chi connectivity index (χ1n) is 5.39. The molecule has 0 heterocycles. The van der Waals surface area contributed by atoms with Crippen molar-refractivity contribution in [3.05, 3.63) is 71.0 Å². The molecule has 98 valence electrons. The van der Waals surface area contributed by atoms with E-state index in [1.54, 1.807) is 0 Å². The highest BCUT2D eigenvalue weighted by Crippen LogP contribution is 2.35. The maximum Gasteiger partial charge on any atom is 0.335 e. The topological polar surface area (TPSA) is 37.3 Å². The zero-order chi connectivity index (χ0) is 14.0. The van der Waals surface area contributed by atoms with Gasteiger partial charge in [-0.15, -0.1) is 0 Å². The van der Waals surface area contributed by atoms with Crippen LogP contribution in [0.4, 0.5) is 13.2 Å². The van der Waals surface area contributed by atoms with Crippen LogP contribution in [-0.4, -0.2) is 11.1 Å². The Morgan fingerprint density at radius 1 is 1.00 bits per heavy atom. The molecule has 0 aliphatic heterocycles. The van der Waals surface area contributed by atoms with E-state index in [1.165, 1.54) is 6.07 Å². The average molecular weight is 266 g/mol. The van der Waals surface area contributed by atoms with E-state index in [-0.39, 0.29) is 11.1 Å². The minimum Gasteiger partial charge on any atom is -0.478 e. The van der Waals surface area contributed by atoms with E-state index in [1.807, 2.05) is 0 Å². The first kappa shape index (κ1) is 13.1. The fourth-order valence-electron chi connectivity index (χ4n) is 1.67. The molecule has 0 bridgehead atoms. The van der Waals surface area contributed by atoms with Crippen molar-refractivity contribution in [2.24, 2.45) is 0 Å². The zero-order valence-corrected chi connectivity index (χ0v) is 9.61. The predicted octanol–water partition coefficient (Wildman–Crippen LogP) is 3.66. The van der Waals surface area contributed by atoms with Gasteiger partial charge in [0.15, 0.2) is 0 Å². The standard InChI is InChI=1S/C14H9F3O2/c15-12-3-1-2-11(8-12)14(16,17)10-6-4-9(5-7-10)13(18)19/h1-8H,(H,18,19). The van der Waals surface area contributed by atoms with Crippen molar-refractivity contribution in [2.75, 3.05) is 0 Å². The maximum atomic E-state index is 14.1. The molecule has 19 heavy (non-hydrogen) atoms. The monoisotopic (exact) mass is 266 g/mol. The molecule has 0 amide bonds. The van der Waals surface area contributed by atoms with Crippen LogP contribution in [0.25, 0.3) is 0 Å². The number of alkyl halides is 2. The maximum absolute atomic E-state index is 14.1. The molecule has 2 rings (SSSR count). The number of hydrogen-bond acceptors (Lipinski definition) is 1. The second-order valence-electron chi connectivity index (χ2n) is 3.97. The van der Waals surface area contributed by atoms with Gasteiger partial charge in [0.25, 0.3) is 5.92 Å². The summed E-state index contributed by atoms with van der Waals surface area (Å²) in [5, 5.41) is 8.69. The Balaban J connectivity index is 2.41. The Hall–Kier alpha value is -2.30. The summed E-state index contributed by atoms with van der Waals surface area (Å²) >= 11 is 0. The molecule has 0 radical (unpaired) electrons. The Morgan fingerprint density at radius 2 is 1.63 bits per heavy atom. The summed E-state index contributed by atoms with van der Waals surface area (Å²) < 4.78 is 41.1. The first-order chi connectivity index (χ1) is 8.91. The molecule has 0 fully saturated rings. The number of carboxylic acids is 1. The molecular formula is C14H9F3O2. The molecular weight excluding hydrogens is 257 g/mol. The third kappa shape index (κ3) is 2.59. The van der Waals surface area contributed by atoms with Gasteiger partial charge in [0, 0.05) is 11.1 Å². The van der Waals surface area contributed by atoms with Crippen LogP contribution in [0.5, 0.6) is 0 Å². The fourth-order valence-corrected chi connectivity index (χ4v) is 1.67. The normalized spacial score (nSPS) is 11.3. The van der Waals surface area contributed by atoms with Crippen LogP contribution in [0.3, 0.4) is 0 Å². The van der Waals surface area contributed by atoms with Gasteiger partial charge < -0.3 is 5.11 Å². The summed E-state index contributed by atoms with van der Waals surface area (Å²) in [6, 6.07) is 8.37. The quantitative estimate of drug-likeness (QED) is 0.920. The smallest absolute Gasteiger partial charge is 0.335 e. The molecule has 0 atom stereocenters. The molecule has 0 aromatic heterocycles. The van der Waals surface area contributed by atoms with Crippen molar-refractivity contribution in [3.63, 3.8) is 0 Å². The fraction of sp³-hybridized carbons (Fsp3) is 0.0714. The largest absolute Gasteiger partial charge is 0.478 e. The summed E-state index contributed by atoms with van der Waals surface area (Å²) in [4.78, 5) is 10.6. The van der Waals surface area contributed by atoms with Crippen molar-refractivity contribution in [2.45, 2.75) is 5.92 Å². The van der Waals surface area contributed by atoms with Crippen molar-refractivity contribution in [3.8, 4) is 0 Å². The minimum absolute atomic E-state index is 0.0845. The van der Waals surface area contributed by atoms with Gasteiger partial charge in [0.2, 0.25) is 0 Å². The van der Waals surface area contributed by atoms with Crippen molar-refractivity contribution in [1.29, 1.82) is 0 Å². The number of benzene rings is 2. The minimum atomic E-state index is -3.38. The second-order valence-corrected chi connectivity index (χ2v) is 3.97. The van der Waals surface area contributed by atoms with E-state index >= 15 is 0 Å². The van der Waals surface area contributed by atoms with E-state index < -0.39 is 23.3 Å². The Kier molecular flexibility index (Phi) is 3.29. The van der Waals surface area contributed by atoms with Gasteiger partial charge in [-0.2, -0.15) is 8.78 Å². The molecule has 0 aliphatic rings. The number of carbonyl (C=O) groups is 1. The molecule has 2 aromatic carbocycles. The molecule has 0 aliphatic carbocycles. The van der Waals surface area contributed by atoms with Crippen molar-refractivity contribution in [1.82, 2.24) is 0 Å². The van der Waals surface area contributed by atoms with E-state index in [4.69, 9.17) is 5.11 Å². The number of aromatic carboxylic acids is 1. The summed E-state index contributed by atoms with van der Waals surface area (Å²) in [6.45, 7) is 0. The van der Waals surface area contributed by atoms with E-state index in [2.05, 4.69) is 0 Å². The molecule has 0 saturated heterocycles. The lowest BCUT2D eigenvalue weighted by atomic mass is 9.99. The zero-order valence-electron chi connectivity index (χ0n) is 9.61. The van der Waals surface area contributed by atoms with Gasteiger partial charge in [-0.1, -0.05) is 24.3 Å². The van der Waals surface area contributed by atoms with Crippen LogP contribution in [0, 0.1) is 5.82 Å². The highest BCUT2D eigenvalue weighted by molar-refractivity contribution is 5.87. The Labute approximate surface area is 107 Å². The van der Waals surface area contributed by atoms with E-state index in [9.17, 15) is 18.0 Å². The van der Waals surface area contributed by atoms with Gasteiger partial charge in [-0.3, -0.25) is 0 Å². The van der Waals surface area contributed by atoms with Crippen molar-refractivity contribution >= 4 is 5.97 Å². The third-order valence-electron chi connectivity index (χ3n) is 2.68. The van der Waals surface area contributed by atoms with Crippen molar-refractivity contribution < 1.29 is 23.1 Å². The lowest BCUT2D eigenvalue weighted by Gasteiger charge is -2.17. The molecule has 0 spiro atoms. The van der Waals surface area contributed by atoms with Gasteiger partial charge in [0.05, 0.1) is 5.56 Å². The Morgan fingerprint density at radius 3 is 2.16 bits per heavy atom. The second kappa shape index (κ2) is 4.76. The summed E-state index contributed by atoms with van der Waals surface area (Å²) in [6.07, 6.45) is 0. The van der Waals surface area contributed by atoms with Crippen LogP contribution in [0.15, 0.2) is 48.5 Å². The third-order valence-corrected chi connectivity index (χ3v) is 2.68. The van der Waals surface area contributed by atoms with Gasteiger partial charge in [0.1, 0.15) is 5.82 Å².